The maximum absolute atomic E-state index is 10.2. The Labute approximate surface area is 78.3 Å². The minimum absolute atomic E-state index is 0.409. The lowest BCUT2D eigenvalue weighted by Gasteiger charge is -2.49. The third kappa shape index (κ3) is 1.09. The summed E-state index contributed by atoms with van der Waals surface area (Å²) in [4.78, 5) is 0. The van der Waals surface area contributed by atoms with Crippen molar-refractivity contribution in [3.8, 4) is 6.07 Å². The van der Waals surface area contributed by atoms with Crippen molar-refractivity contribution < 1.29 is 9.84 Å². The molecule has 0 amide bonds. The van der Waals surface area contributed by atoms with E-state index in [1.807, 2.05) is 0 Å². The van der Waals surface area contributed by atoms with Gasteiger partial charge in [0.05, 0.1) is 18.3 Å². The molecule has 1 saturated carbocycles. The van der Waals surface area contributed by atoms with Gasteiger partial charge < -0.3 is 9.84 Å². The van der Waals surface area contributed by atoms with Crippen LogP contribution in [0.1, 0.15) is 26.2 Å². The molecule has 0 aromatic carbocycles. The largest absolute Gasteiger partial charge is 0.388 e. The summed E-state index contributed by atoms with van der Waals surface area (Å²) in [6.07, 6.45) is 2.20. The fourth-order valence-electron chi connectivity index (χ4n) is 2.61. The van der Waals surface area contributed by atoms with Crippen LogP contribution in [-0.2, 0) is 4.74 Å². The van der Waals surface area contributed by atoms with Crippen molar-refractivity contribution in [1.29, 1.82) is 5.26 Å². The van der Waals surface area contributed by atoms with E-state index in [4.69, 9.17) is 10.00 Å². The predicted octanol–water partition coefficient (Wildman–Crippen LogP) is 1.08. The molecule has 0 bridgehead atoms. The van der Waals surface area contributed by atoms with Gasteiger partial charge in [-0.3, -0.25) is 0 Å². The van der Waals surface area contributed by atoms with Crippen molar-refractivity contribution in [2.24, 2.45) is 11.3 Å². The van der Waals surface area contributed by atoms with Gasteiger partial charge in [-0.05, 0) is 25.2 Å². The van der Waals surface area contributed by atoms with Gasteiger partial charge in [-0.2, -0.15) is 5.26 Å². The normalized spacial score (nSPS) is 49.8. The molecule has 13 heavy (non-hydrogen) atoms. The van der Waals surface area contributed by atoms with Gasteiger partial charge in [0.2, 0.25) is 0 Å². The highest BCUT2D eigenvalue weighted by molar-refractivity contribution is 5.17. The molecule has 1 N–H and O–H groups in total. The molecule has 1 heterocycles. The second kappa shape index (κ2) is 2.70. The third-order valence-electron chi connectivity index (χ3n) is 3.50. The Kier molecular flexibility index (Phi) is 1.86. The van der Waals surface area contributed by atoms with Crippen molar-refractivity contribution in [2.75, 3.05) is 13.2 Å². The zero-order chi connectivity index (χ0) is 9.53. The van der Waals surface area contributed by atoms with E-state index in [9.17, 15) is 5.11 Å². The molecule has 2 rings (SSSR count). The molecule has 72 valence electrons. The highest BCUT2D eigenvalue weighted by Crippen LogP contribution is 2.52. The lowest BCUT2D eigenvalue weighted by Crippen LogP contribution is -2.56. The molecule has 1 aliphatic carbocycles. The minimum Gasteiger partial charge on any atom is -0.388 e. The number of rotatable bonds is 1. The Morgan fingerprint density at radius 3 is 2.62 bits per heavy atom. The Hall–Kier alpha value is -0.590. The SMILES string of the molecule is CC1CC(O)(C2(C#N)CCOC2)C1. The molecule has 0 aromatic heterocycles. The summed E-state index contributed by atoms with van der Waals surface area (Å²) in [6.45, 7) is 3.13. The van der Waals surface area contributed by atoms with Crippen LogP contribution < -0.4 is 0 Å². The number of nitriles is 1. The van der Waals surface area contributed by atoms with Crippen LogP contribution in [-0.4, -0.2) is 23.9 Å². The average molecular weight is 181 g/mol. The molecule has 0 aromatic rings. The summed E-state index contributed by atoms with van der Waals surface area (Å²) < 4.78 is 5.23. The van der Waals surface area contributed by atoms with Crippen molar-refractivity contribution in [2.45, 2.75) is 31.8 Å². The second-order valence-electron chi connectivity index (χ2n) is 4.54. The molecule has 3 heteroatoms. The van der Waals surface area contributed by atoms with Crippen LogP contribution in [0, 0.1) is 22.7 Å². The van der Waals surface area contributed by atoms with Crippen LogP contribution >= 0.6 is 0 Å². The summed E-state index contributed by atoms with van der Waals surface area (Å²) in [5.74, 6) is 0.552. The zero-order valence-corrected chi connectivity index (χ0v) is 7.92. The van der Waals surface area contributed by atoms with E-state index in [0.29, 0.717) is 25.6 Å². The highest BCUT2D eigenvalue weighted by Gasteiger charge is 2.58. The molecule has 1 unspecified atom stereocenters. The summed E-state index contributed by atoms with van der Waals surface area (Å²) in [7, 11) is 0. The van der Waals surface area contributed by atoms with E-state index < -0.39 is 11.0 Å². The topological polar surface area (TPSA) is 53.2 Å². The number of hydrogen-bond acceptors (Lipinski definition) is 3. The molecule has 2 aliphatic rings. The molecular formula is C10H15NO2. The first kappa shape index (κ1) is 8.98. The first-order valence-electron chi connectivity index (χ1n) is 4.83. The fourth-order valence-corrected chi connectivity index (χ4v) is 2.61. The van der Waals surface area contributed by atoms with Crippen LogP contribution in [0.5, 0.6) is 0 Å². The molecular weight excluding hydrogens is 166 g/mol. The van der Waals surface area contributed by atoms with Gasteiger partial charge >= 0.3 is 0 Å². The van der Waals surface area contributed by atoms with Crippen molar-refractivity contribution in [1.82, 2.24) is 0 Å². The van der Waals surface area contributed by atoms with Gasteiger partial charge in [-0.1, -0.05) is 6.92 Å². The van der Waals surface area contributed by atoms with E-state index in [0.717, 1.165) is 12.8 Å². The van der Waals surface area contributed by atoms with Crippen LogP contribution in [0.4, 0.5) is 0 Å². The highest BCUT2D eigenvalue weighted by atomic mass is 16.5. The molecule has 2 fully saturated rings. The van der Waals surface area contributed by atoms with Crippen LogP contribution in [0.15, 0.2) is 0 Å². The molecule has 1 aliphatic heterocycles. The van der Waals surface area contributed by atoms with Gasteiger partial charge in [0.1, 0.15) is 5.41 Å². The van der Waals surface area contributed by atoms with Gasteiger partial charge in [0, 0.05) is 6.61 Å². The van der Waals surface area contributed by atoms with Gasteiger partial charge in [-0.15, -0.1) is 0 Å². The number of aliphatic hydroxyl groups is 1. The quantitative estimate of drug-likeness (QED) is 0.658. The molecule has 0 spiro atoms. The third-order valence-corrected chi connectivity index (χ3v) is 3.50. The van der Waals surface area contributed by atoms with E-state index in [2.05, 4.69) is 13.0 Å². The predicted molar refractivity (Wildman–Crippen MR) is 46.8 cm³/mol. The number of hydrogen-bond donors (Lipinski definition) is 1. The lowest BCUT2D eigenvalue weighted by atomic mass is 9.57. The second-order valence-corrected chi connectivity index (χ2v) is 4.54. The first-order chi connectivity index (χ1) is 6.12. The standard InChI is InChI=1S/C10H15NO2/c1-8-4-10(12,5-8)9(6-11)2-3-13-7-9/h8,12H,2-5,7H2,1H3. The summed E-state index contributed by atoms with van der Waals surface area (Å²) in [5.41, 5.74) is -1.38. The monoisotopic (exact) mass is 181 g/mol. The smallest absolute Gasteiger partial charge is 0.111 e. The van der Waals surface area contributed by atoms with Crippen LogP contribution in [0.2, 0.25) is 0 Å². The average Bonchev–Trinajstić information content (AvgIpc) is 2.50. The molecule has 3 nitrogen and oxygen atoms in total. The summed E-state index contributed by atoms with van der Waals surface area (Å²) in [6, 6.07) is 2.27. The summed E-state index contributed by atoms with van der Waals surface area (Å²) >= 11 is 0. The van der Waals surface area contributed by atoms with E-state index in [-0.39, 0.29) is 0 Å². The fraction of sp³-hybridized carbons (Fsp3) is 0.900. The van der Waals surface area contributed by atoms with E-state index in [1.54, 1.807) is 0 Å². The van der Waals surface area contributed by atoms with Crippen molar-refractivity contribution in [3.63, 3.8) is 0 Å². The molecule has 1 saturated heterocycles. The zero-order valence-electron chi connectivity index (χ0n) is 7.92. The Morgan fingerprint density at radius 1 is 1.54 bits per heavy atom. The lowest BCUT2D eigenvalue weighted by molar-refractivity contribution is -0.141. The van der Waals surface area contributed by atoms with Gasteiger partial charge in [0.25, 0.3) is 0 Å². The molecule has 1 atom stereocenters. The Balaban J connectivity index is 2.18. The van der Waals surface area contributed by atoms with Crippen LogP contribution in [0.3, 0.4) is 0 Å². The van der Waals surface area contributed by atoms with E-state index >= 15 is 0 Å². The minimum atomic E-state index is -0.766. The number of ether oxygens (including phenoxy) is 1. The van der Waals surface area contributed by atoms with Crippen LogP contribution in [0.25, 0.3) is 0 Å². The van der Waals surface area contributed by atoms with Gasteiger partial charge in [-0.25, -0.2) is 0 Å². The Bertz CT molecular complexity index is 244. The molecule has 0 radical (unpaired) electrons. The number of nitrogens with zero attached hydrogens (tertiary/aromatic N) is 1. The summed E-state index contributed by atoms with van der Waals surface area (Å²) in [5, 5.41) is 19.3. The van der Waals surface area contributed by atoms with Gasteiger partial charge in [0.15, 0.2) is 0 Å². The maximum Gasteiger partial charge on any atom is 0.111 e. The Morgan fingerprint density at radius 2 is 2.23 bits per heavy atom. The van der Waals surface area contributed by atoms with E-state index in [1.165, 1.54) is 0 Å². The maximum atomic E-state index is 10.2. The van der Waals surface area contributed by atoms with Crippen molar-refractivity contribution in [3.05, 3.63) is 0 Å². The first-order valence-corrected chi connectivity index (χ1v) is 4.83. The van der Waals surface area contributed by atoms with Crippen molar-refractivity contribution >= 4 is 0 Å².